The van der Waals surface area contributed by atoms with Gasteiger partial charge in [0.1, 0.15) is 6.10 Å². The zero-order chi connectivity index (χ0) is 11.3. The molecule has 1 aliphatic rings. The zero-order valence-corrected chi connectivity index (χ0v) is 9.45. The van der Waals surface area contributed by atoms with E-state index in [4.69, 9.17) is 14.2 Å². The van der Waals surface area contributed by atoms with Crippen LogP contribution in [-0.2, 0) is 23.7 Å². The summed E-state index contributed by atoms with van der Waals surface area (Å²) in [6, 6.07) is 0. The highest BCUT2D eigenvalue weighted by atomic mass is 16.7. The molecule has 0 aromatic carbocycles. The van der Waals surface area contributed by atoms with Crippen LogP contribution >= 0.6 is 0 Å². The van der Waals surface area contributed by atoms with Crippen molar-refractivity contribution in [3.63, 3.8) is 0 Å². The van der Waals surface area contributed by atoms with Gasteiger partial charge in [-0.1, -0.05) is 0 Å². The first-order valence-corrected chi connectivity index (χ1v) is 5.00. The van der Waals surface area contributed by atoms with E-state index in [-0.39, 0.29) is 18.5 Å². The number of hydrogen-bond donors (Lipinski definition) is 0. The summed E-state index contributed by atoms with van der Waals surface area (Å²) < 4.78 is 20.6. The third-order valence-corrected chi connectivity index (χ3v) is 2.05. The van der Waals surface area contributed by atoms with E-state index in [1.165, 1.54) is 7.11 Å². The average Bonchev–Trinajstić information content (AvgIpc) is 2.52. The Labute approximate surface area is 89.6 Å². The van der Waals surface area contributed by atoms with Gasteiger partial charge in [-0.25, -0.2) is 0 Å². The molecule has 0 spiro atoms. The smallest absolute Gasteiger partial charge is 0.307 e. The second-order valence-corrected chi connectivity index (χ2v) is 3.85. The third kappa shape index (κ3) is 4.59. The van der Waals surface area contributed by atoms with Crippen LogP contribution in [-0.4, -0.2) is 44.8 Å². The fourth-order valence-electron chi connectivity index (χ4n) is 1.32. The SMILES string of the molecule is COC(=O)CCOC[C@@H]1COC(C)(C)O1. The first-order valence-electron chi connectivity index (χ1n) is 5.00. The minimum atomic E-state index is -0.517. The number of ether oxygens (including phenoxy) is 4. The van der Waals surface area contributed by atoms with Crippen molar-refractivity contribution in [2.45, 2.75) is 32.2 Å². The summed E-state index contributed by atoms with van der Waals surface area (Å²) in [7, 11) is 1.36. The molecule has 0 aliphatic carbocycles. The maximum absolute atomic E-state index is 10.8. The maximum atomic E-state index is 10.8. The van der Waals surface area contributed by atoms with Gasteiger partial charge in [-0.05, 0) is 13.8 Å². The lowest BCUT2D eigenvalue weighted by Crippen LogP contribution is -2.24. The highest BCUT2D eigenvalue weighted by Crippen LogP contribution is 2.22. The van der Waals surface area contributed by atoms with Gasteiger partial charge in [0.05, 0.1) is 33.4 Å². The van der Waals surface area contributed by atoms with Gasteiger partial charge >= 0.3 is 5.97 Å². The zero-order valence-electron chi connectivity index (χ0n) is 9.45. The maximum Gasteiger partial charge on any atom is 0.307 e. The van der Waals surface area contributed by atoms with E-state index in [9.17, 15) is 4.79 Å². The Hall–Kier alpha value is -0.650. The highest BCUT2D eigenvalue weighted by molar-refractivity contribution is 5.69. The Morgan fingerprint density at radius 2 is 2.27 bits per heavy atom. The predicted molar refractivity (Wildman–Crippen MR) is 52.4 cm³/mol. The largest absolute Gasteiger partial charge is 0.469 e. The van der Waals surface area contributed by atoms with E-state index in [1.807, 2.05) is 13.8 Å². The first kappa shape index (κ1) is 12.4. The van der Waals surface area contributed by atoms with Crippen LogP contribution in [0.25, 0.3) is 0 Å². The highest BCUT2D eigenvalue weighted by Gasteiger charge is 2.32. The van der Waals surface area contributed by atoms with E-state index in [0.717, 1.165) is 0 Å². The van der Waals surface area contributed by atoms with E-state index < -0.39 is 5.79 Å². The van der Waals surface area contributed by atoms with Crippen molar-refractivity contribution in [3.05, 3.63) is 0 Å². The summed E-state index contributed by atoms with van der Waals surface area (Å²) in [6.45, 7) is 5.06. The number of carbonyl (C=O) groups is 1. The van der Waals surface area contributed by atoms with Gasteiger partial charge in [0.25, 0.3) is 0 Å². The topological polar surface area (TPSA) is 54.0 Å². The molecule has 0 N–H and O–H groups in total. The Kier molecular flexibility index (Phi) is 4.50. The molecule has 0 saturated carbocycles. The molecule has 5 heteroatoms. The molecule has 1 aliphatic heterocycles. The molecule has 1 rings (SSSR count). The van der Waals surface area contributed by atoms with Gasteiger partial charge in [0.15, 0.2) is 5.79 Å². The molecule has 0 amide bonds. The number of rotatable bonds is 5. The van der Waals surface area contributed by atoms with Gasteiger partial charge < -0.3 is 18.9 Å². The van der Waals surface area contributed by atoms with Gasteiger partial charge in [0.2, 0.25) is 0 Å². The lowest BCUT2D eigenvalue weighted by atomic mass is 10.4. The Balaban J connectivity index is 2.04. The van der Waals surface area contributed by atoms with Crippen LogP contribution in [0.2, 0.25) is 0 Å². The molecule has 0 aromatic rings. The molecule has 88 valence electrons. The van der Waals surface area contributed by atoms with E-state index in [1.54, 1.807) is 0 Å². The normalized spacial score (nSPS) is 24.1. The number of esters is 1. The molecule has 0 radical (unpaired) electrons. The van der Waals surface area contributed by atoms with Gasteiger partial charge in [0, 0.05) is 0 Å². The van der Waals surface area contributed by atoms with Crippen molar-refractivity contribution in [3.8, 4) is 0 Å². The van der Waals surface area contributed by atoms with Crippen LogP contribution in [0, 0.1) is 0 Å². The summed E-state index contributed by atoms with van der Waals surface area (Å²) in [6.07, 6.45) is 0.227. The molecule has 0 aromatic heterocycles. The molecule has 0 bridgehead atoms. The van der Waals surface area contributed by atoms with Crippen LogP contribution in [0.15, 0.2) is 0 Å². The average molecular weight is 218 g/mol. The van der Waals surface area contributed by atoms with Crippen LogP contribution in [0.4, 0.5) is 0 Å². The summed E-state index contributed by atoms with van der Waals surface area (Å²) in [5.41, 5.74) is 0. The summed E-state index contributed by atoms with van der Waals surface area (Å²) in [4.78, 5) is 10.8. The van der Waals surface area contributed by atoms with E-state index in [0.29, 0.717) is 19.8 Å². The summed E-state index contributed by atoms with van der Waals surface area (Å²) >= 11 is 0. The van der Waals surface area contributed by atoms with Crippen molar-refractivity contribution in [2.24, 2.45) is 0 Å². The van der Waals surface area contributed by atoms with E-state index in [2.05, 4.69) is 4.74 Å². The third-order valence-electron chi connectivity index (χ3n) is 2.05. The summed E-state index contributed by atoms with van der Waals surface area (Å²) in [5, 5.41) is 0. The molecule has 0 unspecified atom stereocenters. The monoisotopic (exact) mass is 218 g/mol. The minimum Gasteiger partial charge on any atom is -0.469 e. The van der Waals surface area contributed by atoms with Gasteiger partial charge in [-0.3, -0.25) is 4.79 Å². The summed E-state index contributed by atoms with van der Waals surface area (Å²) in [5.74, 6) is -0.782. The molecule has 15 heavy (non-hydrogen) atoms. The van der Waals surface area contributed by atoms with Gasteiger partial charge in [-0.15, -0.1) is 0 Å². The quantitative estimate of drug-likeness (QED) is 0.502. The van der Waals surface area contributed by atoms with Crippen LogP contribution in [0.5, 0.6) is 0 Å². The van der Waals surface area contributed by atoms with Crippen molar-refractivity contribution in [1.29, 1.82) is 0 Å². The predicted octanol–water partition coefficient (Wildman–Crippen LogP) is 0.718. The van der Waals surface area contributed by atoms with Crippen molar-refractivity contribution < 1.29 is 23.7 Å². The van der Waals surface area contributed by atoms with Crippen LogP contribution in [0.1, 0.15) is 20.3 Å². The van der Waals surface area contributed by atoms with E-state index >= 15 is 0 Å². The molecule has 1 heterocycles. The molecular formula is C10H18O5. The Morgan fingerprint density at radius 1 is 1.53 bits per heavy atom. The Bertz CT molecular complexity index is 214. The molecule has 1 atom stereocenters. The lowest BCUT2D eigenvalue weighted by Gasteiger charge is -2.16. The second-order valence-electron chi connectivity index (χ2n) is 3.85. The molecule has 5 nitrogen and oxygen atoms in total. The number of carbonyl (C=O) groups excluding carboxylic acids is 1. The van der Waals surface area contributed by atoms with Crippen LogP contribution in [0.3, 0.4) is 0 Å². The van der Waals surface area contributed by atoms with Crippen molar-refractivity contribution in [1.82, 2.24) is 0 Å². The Morgan fingerprint density at radius 3 is 2.80 bits per heavy atom. The van der Waals surface area contributed by atoms with Gasteiger partial charge in [-0.2, -0.15) is 0 Å². The van der Waals surface area contributed by atoms with Crippen molar-refractivity contribution >= 4 is 5.97 Å². The molecule has 1 fully saturated rings. The molecular weight excluding hydrogens is 200 g/mol. The minimum absolute atomic E-state index is 0.0438. The number of methoxy groups -OCH3 is 1. The lowest BCUT2D eigenvalue weighted by molar-refractivity contribution is -0.148. The van der Waals surface area contributed by atoms with Crippen LogP contribution < -0.4 is 0 Å². The fourth-order valence-corrected chi connectivity index (χ4v) is 1.32. The standard InChI is InChI=1S/C10H18O5/c1-10(2)14-7-8(15-10)6-13-5-4-9(11)12-3/h8H,4-7H2,1-3H3/t8-/m1/s1. The number of hydrogen-bond acceptors (Lipinski definition) is 5. The fraction of sp³-hybridized carbons (Fsp3) is 0.900. The second kappa shape index (κ2) is 5.44. The van der Waals surface area contributed by atoms with Crippen molar-refractivity contribution in [2.75, 3.05) is 26.9 Å². The molecule has 1 saturated heterocycles. The first-order chi connectivity index (χ1) is 7.03.